The summed E-state index contributed by atoms with van der Waals surface area (Å²) in [5.74, 6) is 0. The van der Waals surface area contributed by atoms with Gasteiger partial charge in [-0.05, 0) is 41.5 Å². The number of benzene rings is 2. The third-order valence-electron chi connectivity index (χ3n) is 3.80. The summed E-state index contributed by atoms with van der Waals surface area (Å²) in [6, 6.07) is 14.6. The molecule has 0 N–H and O–H groups in total. The number of hydrogen-bond donors (Lipinski definition) is 0. The highest BCUT2D eigenvalue weighted by Crippen LogP contribution is 2.31. The van der Waals surface area contributed by atoms with Crippen LogP contribution in [0.2, 0.25) is 0 Å². The van der Waals surface area contributed by atoms with Gasteiger partial charge in [-0.25, -0.2) is 0 Å². The van der Waals surface area contributed by atoms with Crippen molar-refractivity contribution in [1.29, 1.82) is 0 Å². The third-order valence-corrected chi connectivity index (χ3v) is 3.80. The smallest absolute Gasteiger partial charge is 0.136 e. The van der Waals surface area contributed by atoms with Crippen molar-refractivity contribution in [3.63, 3.8) is 0 Å². The van der Waals surface area contributed by atoms with Gasteiger partial charge in [0.2, 0.25) is 0 Å². The average Bonchev–Trinajstić information content (AvgIpc) is 2.73. The van der Waals surface area contributed by atoms with Crippen LogP contribution in [0.5, 0.6) is 0 Å². The summed E-state index contributed by atoms with van der Waals surface area (Å²) in [5, 5.41) is 2.34. The summed E-state index contributed by atoms with van der Waals surface area (Å²) >= 11 is 0. The Bertz CT molecular complexity index is 912. The van der Waals surface area contributed by atoms with Gasteiger partial charge in [0.05, 0.1) is 0 Å². The quantitative estimate of drug-likeness (QED) is 0.624. The van der Waals surface area contributed by atoms with Gasteiger partial charge in [0.1, 0.15) is 11.2 Å². The zero-order valence-corrected chi connectivity index (χ0v) is 11.8. The second kappa shape index (κ2) is 4.67. The topological polar surface area (TPSA) is 16.4 Å². The molecule has 2 heterocycles. The van der Waals surface area contributed by atoms with Crippen LogP contribution in [0.4, 0.5) is 0 Å². The van der Waals surface area contributed by atoms with Crippen LogP contribution in [0, 0.1) is 0 Å². The Morgan fingerprint density at radius 3 is 2.71 bits per heavy atom. The van der Waals surface area contributed by atoms with Crippen LogP contribution in [0.1, 0.15) is 5.56 Å². The molecule has 0 atom stereocenters. The maximum atomic E-state index is 5.96. The van der Waals surface area contributed by atoms with Crippen molar-refractivity contribution in [2.45, 2.75) is 0 Å². The summed E-state index contributed by atoms with van der Waals surface area (Å²) in [6.07, 6.45) is 10.4. The van der Waals surface area contributed by atoms with Crippen molar-refractivity contribution < 1.29 is 4.42 Å². The molecular formula is C19H15NO. The Labute approximate surface area is 123 Å². The molecule has 2 nitrogen and oxygen atoms in total. The van der Waals surface area contributed by atoms with Crippen molar-refractivity contribution >= 4 is 27.5 Å². The summed E-state index contributed by atoms with van der Waals surface area (Å²) in [7, 11) is 2.02. The summed E-state index contributed by atoms with van der Waals surface area (Å²) in [5.41, 5.74) is 4.22. The molecule has 2 heteroatoms. The Kier molecular flexibility index (Phi) is 2.68. The van der Waals surface area contributed by atoms with E-state index in [2.05, 4.69) is 48.7 Å². The van der Waals surface area contributed by atoms with Gasteiger partial charge in [-0.1, -0.05) is 30.3 Å². The molecule has 4 rings (SSSR count). The SMILES string of the molecule is CN1C=CC=C(c2ccc3c(c2)oc2ccccc23)C=C1. The molecule has 1 aromatic heterocycles. The first-order valence-electron chi connectivity index (χ1n) is 7.01. The first-order chi connectivity index (χ1) is 10.3. The number of furan rings is 1. The van der Waals surface area contributed by atoms with E-state index < -0.39 is 0 Å². The molecular weight excluding hydrogens is 258 g/mol. The van der Waals surface area contributed by atoms with Gasteiger partial charge in [0.15, 0.2) is 0 Å². The van der Waals surface area contributed by atoms with Crippen molar-refractivity contribution in [3.05, 3.63) is 78.7 Å². The van der Waals surface area contributed by atoms with Gasteiger partial charge in [-0.2, -0.15) is 0 Å². The Morgan fingerprint density at radius 2 is 1.76 bits per heavy atom. The fourth-order valence-electron chi connectivity index (χ4n) is 2.68. The van der Waals surface area contributed by atoms with E-state index in [1.807, 2.05) is 36.3 Å². The number of nitrogens with zero attached hydrogens (tertiary/aromatic N) is 1. The third kappa shape index (κ3) is 2.05. The lowest BCUT2D eigenvalue weighted by Gasteiger charge is -2.04. The minimum absolute atomic E-state index is 0.935. The summed E-state index contributed by atoms with van der Waals surface area (Å²) in [6.45, 7) is 0. The maximum Gasteiger partial charge on any atom is 0.136 e. The second-order valence-corrected chi connectivity index (χ2v) is 5.25. The molecule has 0 aliphatic carbocycles. The van der Waals surface area contributed by atoms with Crippen LogP contribution in [0.25, 0.3) is 27.5 Å². The largest absolute Gasteiger partial charge is 0.456 e. The average molecular weight is 273 g/mol. The predicted octanol–water partition coefficient (Wildman–Crippen LogP) is 4.94. The highest BCUT2D eigenvalue weighted by atomic mass is 16.3. The van der Waals surface area contributed by atoms with E-state index in [9.17, 15) is 0 Å². The first-order valence-corrected chi connectivity index (χ1v) is 7.01. The standard InChI is InChI=1S/C19H15NO/c1-20-11-4-5-14(10-12-20)15-8-9-17-16-6-2-3-7-18(16)21-19(17)13-15/h2-13H,1H3. The fraction of sp³-hybridized carbons (Fsp3) is 0.0526. The van der Waals surface area contributed by atoms with E-state index in [0.717, 1.165) is 16.7 Å². The zero-order valence-electron chi connectivity index (χ0n) is 11.8. The molecule has 0 unspecified atom stereocenters. The van der Waals surface area contributed by atoms with E-state index in [0.29, 0.717) is 0 Å². The van der Waals surface area contributed by atoms with Crippen molar-refractivity contribution in [2.24, 2.45) is 0 Å². The first kappa shape index (κ1) is 12.0. The molecule has 1 aliphatic heterocycles. The van der Waals surface area contributed by atoms with Crippen molar-refractivity contribution in [2.75, 3.05) is 7.05 Å². The summed E-state index contributed by atoms with van der Waals surface area (Å²) < 4.78 is 5.96. The molecule has 0 fully saturated rings. The van der Waals surface area contributed by atoms with Gasteiger partial charge in [0.25, 0.3) is 0 Å². The number of hydrogen-bond acceptors (Lipinski definition) is 2. The van der Waals surface area contributed by atoms with Crippen LogP contribution < -0.4 is 0 Å². The molecule has 3 aromatic rings. The lowest BCUT2D eigenvalue weighted by atomic mass is 10.0. The van der Waals surface area contributed by atoms with Crippen molar-refractivity contribution in [3.8, 4) is 0 Å². The van der Waals surface area contributed by atoms with Crippen LogP contribution >= 0.6 is 0 Å². The van der Waals surface area contributed by atoms with E-state index in [4.69, 9.17) is 4.42 Å². The Morgan fingerprint density at radius 1 is 0.905 bits per heavy atom. The highest BCUT2D eigenvalue weighted by molar-refractivity contribution is 6.05. The molecule has 2 aromatic carbocycles. The van der Waals surface area contributed by atoms with E-state index in [-0.39, 0.29) is 0 Å². The minimum atomic E-state index is 0.935. The summed E-state index contributed by atoms with van der Waals surface area (Å²) in [4.78, 5) is 2.03. The minimum Gasteiger partial charge on any atom is -0.456 e. The van der Waals surface area contributed by atoms with Crippen molar-refractivity contribution in [1.82, 2.24) is 4.90 Å². The number of para-hydroxylation sites is 1. The molecule has 0 bridgehead atoms. The Balaban J connectivity index is 1.88. The number of allylic oxidation sites excluding steroid dienone is 4. The lowest BCUT2D eigenvalue weighted by Crippen LogP contribution is -1.97. The monoisotopic (exact) mass is 273 g/mol. The molecule has 0 saturated carbocycles. The van der Waals surface area contributed by atoms with Gasteiger partial charge < -0.3 is 9.32 Å². The maximum absolute atomic E-state index is 5.96. The molecule has 0 spiro atoms. The molecule has 0 amide bonds. The molecule has 102 valence electrons. The van der Waals surface area contributed by atoms with E-state index in [1.54, 1.807) is 0 Å². The van der Waals surface area contributed by atoms with Gasteiger partial charge in [-0.3, -0.25) is 0 Å². The van der Waals surface area contributed by atoms with Gasteiger partial charge in [-0.15, -0.1) is 0 Å². The number of fused-ring (bicyclic) bond motifs is 3. The van der Waals surface area contributed by atoms with Gasteiger partial charge >= 0.3 is 0 Å². The fourth-order valence-corrected chi connectivity index (χ4v) is 2.68. The van der Waals surface area contributed by atoms with Crippen LogP contribution in [0.15, 0.2) is 77.5 Å². The molecule has 0 radical (unpaired) electrons. The van der Waals surface area contributed by atoms with Crippen LogP contribution in [-0.2, 0) is 0 Å². The van der Waals surface area contributed by atoms with E-state index in [1.165, 1.54) is 16.3 Å². The normalized spacial score (nSPS) is 14.7. The lowest BCUT2D eigenvalue weighted by molar-refractivity contribution is 0.627. The van der Waals surface area contributed by atoms with Gasteiger partial charge in [0, 0.05) is 30.2 Å². The molecule has 0 saturated heterocycles. The van der Waals surface area contributed by atoms with Crippen LogP contribution in [0.3, 0.4) is 0 Å². The second-order valence-electron chi connectivity index (χ2n) is 5.25. The molecule has 1 aliphatic rings. The number of rotatable bonds is 1. The van der Waals surface area contributed by atoms with E-state index >= 15 is 0 Å². The Hall–Kier alpha value is -2.74. The highest BCUT2D eigenvalue weighted by Gasteiger charge is 2.08. The zero-order chi connectivity index (χ0) is 14.2. The van der Waals surface area contributed by atoms with Crippen LogP contribution in [-0.4, -0.2) is 11.9 Å². The molecule has 21 heavy (non-hydrogen) atoms. The predicted molar refractivity (Wildman–Crippen MR) is 87.7 cm³/mol.